The highest BCUT2D eigenvalue weighted by Crippen LogP contribution is 2.13. The van der Waals surface area contributed by atoms with E-state index in [0.717, 1.165) is 16.5 Å². The third-order valence-electron chi connectivity index (χ3n) is 3.51. The van der Waals surface area contributed by atoms with E-state index >= 15 is 0 Å². The molecule has 0 fully saturated rings. The van der Waals surface area contributed by atoms with E-state index in [4.69, 9.17) is 9.47 Å². The first-order valence-corrected chi connectivity index (χ1v) is 9.28. The van der Waals surface area contributed by atoms with E-state index in [2.05, 4.69) is 26.5 Å². The number of ether oxygens (including phenoxy) is 2. The number of amides is 1. The lowest BCUT2D eigenvalue weighted by Crippen LogP contribution is -2.25. The van der Waals surface area contributed by atoms with Crippen molar-refractivity contribution in [1.29, 1.82) is 0 Å². The van der Waals surface area contributed by atoms with Crippen molar-refractivity contribution in [2.24, 2.45) is 5.10 Å². The highest BCUT2D eigenvalue weighted by Gasteiger charge is 2.07. The Labute approximate surface area is 166 Å². The summed E-state index contributed by atoms with van der Waals surface area (Å²) in [7, 11) is 0. The molecule has 6 nitrogen and oxygen atoms in total. The number of hydrazone groups is 1. The third-order valence-corrected chi connectivity index (χ3v) is 4.04. The van der Waals surface area contributed by atoms with Gasteiger partial charge in [-0.05, 0) is 55.3 Å². The maximum absolute atomic E-state index is 11.9. The van der Waals surface area contributed by atoms with Crippen molar-refractivity contribution < 1.29 is 19.1 Å². The minimum Gasteiger partial charge on any atom is -0.484 e. The summed E-state index contributed by atoms with van der Waals surface area (Å²) >= 11 is 3.37. The van der Waals surface area contributed by atoms with E-state index in [9.17, 15) is 9.59 Å². The normalized spacial score (nSPS) is 11.0. The van der Waals surface area contributed by atoms with Crippen molar-refractivity contribution >= 4 is 33.5 Å². The Morgan fingerprint density at radius 2 is 1.67 bits per heavy atom. The number of hydrogen-bond acceptors (Lipinski definition) is 5. The van der Waals surface area contributed by atoms with Gasteiger partial charge in [0.15, 0.2) is 6.61 Å². The van der Waals surface area contributed by atoms with Gasteiger partial charge in [-0.1, -0.05) is 35.0 Å². The monoisotopic (exact) mass is 432 g/mol. The van der Waals surface area contributed by atoms with Gasteiger partial charge in [0.1, 0.15) is 5.75 Å². The summed E-state index contributed by atoms with van der Waals surface area (Å²) in [5, 5.41) is 4.06. The fourth-order valence-electron chi connectivity index (χ4n) is 2.05. The number of benzene rings is 2. The van der Waals surface area contributed by atoms with E-state index in [-0.39, 0.29) is 18.5 Å². The fraction of sp³-hybridized carbons (Fsp3) is 0.250. The number of nitrogens with zero attached hydrogens (tertiary/aromatic N) is 1. The second-order valence-corrected chi connectivity index (χ2v) is 6.60. The first-order chi connectivity index (χ1) is 13.0. The fourth-order valence-corrected chi connectivity index (χ4v) is 2.31. The van der Waals surface area contributed by atoms with Crippen LogP contribution in [-0.4, -0.2) is 30.8 Å². The van der Waals surface area contributed by atoms with Crippen LogP contribution < -0.4 is 10.2 Å². The molecule has 0 unspecified atom stereocenters. The van der Waals surface area contributed by atoms with Crippen LogP contribution >= 0.6 is 15.9 Å². The minimum absolute atomic E-state index is 0.184. The largest absolute Gasteiger partial charge is 0.484 e. The predicted octanol–water partition coefficient (Wildman–Crippen LogP) is 3.94. The number of esters is 1. The molecule has 0 aliphatic heterocycles. The molecular weight excluding hydrogens is 412 g/mol. The summed E-state index contributed by atoms with van der Waals surface area (Å²) in [6.45, 7) is 3.94. The predicted molar refractivity (Wildman–Crippen MR) is 107 cm³/mol. The van der Waals surface area contributed by atoms with Crippen molar-refractivity contribution in [3.63, 3.8) is 0 Å². The van der Waals surface area contributed by atoms with Gasteiger partial charge in [-0.3, -0.25) is 4.79 Å². The second kappa shape index (κ2) is 10.5. The molecule has 0 bridgehead atoms. The van der Waals surface area contributed by atoms with Crippen LogP contribution in [0.4, 0.5) is 0 Å². The average molecular weight is 433 g/mol. The van der Waals surface area contributed by atoms with Gasteiger partial charge >= 0.3 is 5.97 Å². The molecule has 0 aromatic heterocycles. The molecule has 1 N–H and O–H groups in total. The average Bonchev–Trinajstić information content (AvgIpc) is 2.69. The van der Waals surface area contributed by atoms with E-state index in [1.807, 2.05) is 31.2 Å². The number of hydrogen-bond donors (Lipinski definition) is 1. The lowest BCUT2D eigenvalue weighted by molar-refractivity contribution is -0.123. The summed E-state index contributed by atoms with van der Waals surface area (Å²) in [5.41, 5.74) is 4.49. The van der Waals surface area contributed by atoms with Gasteiger partial charge in [0, 0.05) is 4.47 Å². The maximum atomic E-state index is 11.9. The molecule has 2 aromatic carbocycles. The Balaban J connectivity index is 1.82. The summed E-state index contributed by atoms with van der Waals surface area (Å²) in [4.78, 5) is 23.6. The van der Waals surface area contributed by atoms with Gasteiger partial charge in [-0.25, -0.2) is 10.2 Å². The minimum atomic E-state index is -0.377. The van der Waals surface area contributed by atoms with Crippen LogP contribution in [0.15, 0.2) is 58.1 Å². The van der Waals surface area contributed by atoms with Gasteiger partial charge < -0.3 is 9.47 Å². The quantitative estimate of drug-likeness (QED) is 0.389. The highest BCUT2D eigenvalue weighted by molar-refractivity contribution is 9.10. The van der Waals surface area contributed by atoms with Crippen molar-refractivity contribution in [1.82, 2.24) is 5.43 Å². The van der Waals surface area contributed by atoms with Gasteiger partial charge in [-0.15, -0.1) is 0 Å². The van der Waals surface area contributed by atoms with Crippen molar-refractivity contribution in [2.75, 3.05) is 13.2 Å². The Bertz CT molecular complexity index is 802. The zero-order valence-corrected chi connectivity index (χ0v) is 16.8. The first kappa shape index (κ1) is 20.6. The molecule has 0 aliphatic rings. The Morgan fingerprint density at radius 1 is 1.04 bits per heavy atom. The molecule has 0 saturated carbocycles. The molecule has 2 rings (SSSR count). The van der Waals surface area contributed by atoms with Crippen LogP contribution in [0.3, 0.4) is 0 Å². The van der Waals surface area contributed by atoms with E-state index < -0.39 is 0 Å². The zero-order valence-electron chi connectivity index (χ0n) is 15.2. The molecule has 0 atom stereocenters. The van der Waals surface area contributed by atoms with Gasteiger partial charge in [0.05, 0.1) is 17.9 Å². The van der Waals surface area contributed by atoms with Crippen molar-refractivity contribution in [2.45, 2.75) is 20.3 Å². The van der Waals surface area contributed by atoms with E-state index in [0.29, 0.717) is 23.6 Å². The first-order valence-electron chi connectivity index (χ1n) is 8.48. The van der Waals surface area contributed by atoms with E-state index in [1.54, 1.807) is 31.2 Å². The smallest absolute Gasteiger partial charge is 0.338 e. The van der Waals surface area contributed by atoms with Crippen LogP contribution in [-0.2, 0) is 9.53 Å². The number of carbonyl (C=O) groups is 2. The van der Waals surface area contributed by atoms with E-state index in [1.165, 1.54) is 0 Å². The van der Waals surface area contributed by atoms with Crippen LogP contribution in [0, 0.1) is 0 Å². The molecule has 0 saturated heterocycles. The molecule has 0 heterocycles. The Morgan fingerprint density at radius 3 is 2.30 bits per heavy atom. The molecule has 0 aliphatic carbocycles. The van der Waals surface area contributed by atoms with Crippen molar-refractivity contribution in [3.05, 3.63) is 64.1 Å². The zero-order chi connectivity index (χ0) is 19.6. The van der Waals surface area contributed by atoms with Gasteiger partial charge in [0.2, 0.25) is 0 Å². The highest BCUT2D eigenvalue weighted by atomic mass is 79.9. The molecule has 1 amide bonds. The van der Waals surface area contributed by atoms with Crippen LogP contribution in [0.2, 0.25) is 0 Å². The topological polar surface area (TPSA) is 77.0 Å². The molecule has 0 spiro atoms. The standard InChI is InChI=1S/C20H21BrN2O4/c1-3-12-26-20(25)16-6-10-18(11-7-16)27-13-19(24)23-22-14(2)15-4-8-17(21)9-5-15/h4-11H,3,12-13H2,1-2H3,(H,23,24). The van der Waals surface area contributed by atoms with Gasteiger partial charge in [0.25, 0.3) is 5.91 Å². The molecule has 27 heavy (non-hydrogen) atoms. The Kier molecular flexibility index (Phi) is 8.00. The molecular formula is C20H21BrN2O4. The number of carbonyl (C=O) groups excluding carboxylic acids is 2. The lowest BCUT2D eigenvalue weighted by atomic mass is 10.1. The van der Waals surface area contributed by atoms with Crippen LogP contribution in [0.5, 0.6) is 5.75 Å². The summed E-state index contributed by atoms with van der Waals surface area (Å²) < 4.78 is 11.4. The summed E-state index contributed by atoms with van der Waals surface area (Å²) in [6.07, 6.45) is 0.770. The van der Waals surface area contributed by atoms with Crippen LogP contribution in [0.1, 0.15) is 36.2 Å². The van der Waals surface area contributed by atoms with Gasteiger partial charge in [-0.2, -0.15) is 5.10 Å². The summed E-state index contributed by atoms with van der Waals surface area (Å²) in [5.74, 6) is -0.275. The molecule has 142 valence electrons. The molecule has 2 aromatic rings. The van der Waals surface area contributed by atoms with Crippen molar-refractivity contribution in [3.8, 4) is 5.75 Å². The summed E-state index contributed by atoms with van der Waals surface area (Å²) in [6, 6.07) is 14.0. The Hall–Kier alpha value is -2.67. The maximum Gasteiger partial charge on any atom is 0.338 e. The second-order valence-electron chi connectivity index (χ2n) is 5.69. The third kappa shape index (κ3) is 6.86. The molecule has 0 radical (unpaired) electrons. The number of nitrogens with one attached hydrogen (secondary N) is 1. The number of rotatable bonds is 8. The lowest BCUT2D eigenvalue weighted by Gasteiger charge is -2.07. The molecule has 7 heteroatoms. The SMILES string of the molecule is CCCOC(=O)c1ccc(OCC(=O)NN=C(C)c2ccc(Br)cc2)cc1. The number of halogens is 1. The van der Waals surface area contributed by atoms with Crippen LogP contribution in [0.25, 0.3) is 0 Å².